The highest BCUT2D eigenvalue weighted by Gasteiger charge is 2.34. The van der Waals surface area contributed by atoms with Crippen molar-refractivity contribution in [3.05, 3.63) is 0 Å². The molecule has 0 aromatic heterocycles. The molecular weight excluding hydrogens is 132 g/mol. The van der Waals surface area contributed by atoms with Crippen molar-refractivity contribution in [3.63, 3.8) is 0 Å². The maximum absolute atomic E-state index is 5.40. The summed E-state index contributed by atoms with van der Waals surface area (Å²) in [6, 6.07) is -0.847. The van der Waals surface area contributed by atoms with Crippen molar-refractivity contribution >= 4 is 0 Å². The molecule has 0 aliphatic carbocycles. The lowest BCUT2D eigenvalue weighted by Crippen LogP contribution is -2.79. The van der Waals surface area contributed by atoms with Gasteiger partial charge in [0.25, 0.3) is 0 Å². The summed E-state index contributed by atoms with van der Waals surface area (Å²) in [5.41, 5.74) is 30.7. The van der Waals surface area contributed by atoms with Crippen LogP contribution in [-0.4, -0.2) is 17.5 Å². The predicted octanol–water partition coefficient (Wildman–Crippen LogP) is -3.52. The largest absolute Gasteiger partial charge is 0.321 e. The highest BCUT2D eigenvalue weighted by atomic mass is 15.2. The lowest BCUT2D eigenvalue weighted by atomic mass is 10.00. The van der Waals surface area contributed by atoms with Gasteiger partial charge in [-0.25, -0.2) is 0 Å². The Bertz CT molecular complexity index is 93.9. The molecule has 62 valence electrons. The molecule has 0 amide bonds. The van der Waals surface area contributed by atoms with Crippen molar-refractivity contribution in [2.75, 3.05) is 0 Å². The van der Waals surface area contributed by atoms with Crippen LogP contribution in [0.1, 0.15) is 6.92 Å². The van der Waals surface area contributed by atoms with Crippen LogP contribution in [0, 0.1) is 0 Å². The molecule has 0 radical (unpaired) electrons. The second-order valence-electron chi connectivity index (χ2n) is 2.84. The molecule has 0 fully saturated rings. The highest BCUT2D eigenvalue weighted by molar-refractivity contribution is 4.95. The van der Waals surface area contributed by atoms with Gasteiger partial charge in [-0.3, -0.25) is 17.2 Å². The smallest absolute Gasteiger partial charge is 0.134 e. The van der Waals surface area contributed by atoms with Gasteiger partial charge in [-0.05, 0) is 6.92 Å². The van der Waals surface area contributed by atoms with Crippen LogP contribution in [0.3, 0.4) is 0 Å². The Labute approximate surface area is 59.9 Å². The third-order valence-electron chi connectivity index (χ3n) is 1.21. The minimum atomic E-state index is -1.53. The zero-order valence-electron chi connectivity index (χ0n) is 6.04. The summed E-state index contributed by atoms with van der Waals surface area (Å²) in [5.74, 6) is -1.53. The summed E-state index contributed by atoms with van der Waals surface area (Å²) in [6.45, 7) is 1.50. The number of rotatable bonds is 2. The van der Waals surface area contributed by atoms with Crippen LogP contribution in [0.5, 0.6) is 0 Å². The Balaban J connectivity index is 4.23. The SMILES string of the molecule is CC(N)(N)C(N)C(N)(N)N. The predicted molar refractivity (Wildman–Crippen MR) is 40.0 cm³/mol. The molecule has 0 heterocycles. The van der Waals surface area contributed by atoms with Gasteiger partial charge in [0.1, 0.15) is 5.79 Å². The van der Waals surface area contributed by atoms with E-state index in [9.17, 15) is 0 Å². The van der Waals surface area contributed by atoms with E-state index < -0.39 is 17.5 Å². The topological polar surface area (TPSA) is 156 Å². The first-order valence-electron chi connectivity index (χ1n) is 2.85. The fourth-order valence-electron chi connectivity index (χ4n) is 0.539. The summed E-state index contributed by atoms with van der Waals surface area (Å²) < 4.78 is 0. The van der Waals surface area contributed by atoms with Crippen LogP contribution in [-0.2, 0) is 0 Å². The van der Waals surface area contributed by atoms with Crippen molar-refractivity contribution < 1.29 is 0 Å². The van der Waals surface area contributed by atoms with Gasteiger partial charge in [-0.1, -0.05) is 0 Å². The third kappa shape index (κ3) is 2.56. The van der Waals surface area contributed by atoms with Crippen LogP contribution in [0.15, 0.2) is 0 Å². The van der Waals surface area contributed by atoms with E-state index >= 15 is 0 Å². The first-order valence-corrected chi connectivity index (χ1v) is 2.85. The van der Waals surface area contributed by atoms with E-state index in [0.29, 0.717) is 0 Å². The van der Waals surface area contributed by atoms with Crippen LogP contribution in [0.2, 0.25) is 0 Å². The average Bonchev–Trinajstić information content (AvgIpc) is 1.59. The van der Waals surface area contributed by atoms with Crippen LogP contribution < -0.4 is 34.4 Å². The number of hydrogen-bond acceptors (Lipinski definition) is 6. The molecule has 0 rings (SSSR count). The van der Waals surface area contributed by atoms with Gasteiger partial charge < -0.3 is 17.2 Å². The summed E-state index contributed by atoms with van der Waals surface area (Å²) in [4.78, 5) is 0. The second-order valence-corrected chi connectivity index (χ2v) is 2.84. The molecule has 0 aromatic rings. The van der Waals surface area contributed by atoms with Crippen molar-refractivity contribution in [1.29, 1.82) is 0 Å². The molecule has 6 heteroatoms. The summed E-state index contributed by atoms with van der Waals surface area (Å²) >= 11 is 0. The van der Waals surface area contributed by atoms with E-state index in [1.165, 1.54) is 6.92 Å². The molecule has 0 aliphatic rings. The van der Waals surface area contributed by atoms with E-state index in [-0.39, 0.29) is 0 Å². The average molecular weight is 148 g/mol. The number of hydrogen-bond donors (Lipinski definition) is 6. The van der Waals surface area contributed by atoms with Crippen molar-refractivity contribution in [2.45, 2.75) is 24.4 Å². The molecule has 0 bridgehead atoms. The Morgan fingerprint density at radius 3 is 1.30 bits per heavy atom. The van der Waals surface area contributed by atoms with Gasteiger partial charge in [0.05, 0.1) is 11.7 Å². The van der Waals surface area contributed by atoms with E-state index in [0.717, 1.165) is 0 Å². The van der Waals surface area contributed by atoms with E-state index in [1.807, 2.05) is 0 Å². The van der Waals surface area contributed by atoms with Gasteiger partial charge in [0.2, 0.25) is 0 Å². The fourth-order valence-corrected chi connectivity index (χ4v) is 0.539. The van der Waals surface area contributed by atoms with Crippen LogP contribution in [0.4, 0.5) is 0 Å². The number of nitrogens with two attached hydrogens (primary N) is 6. The molecule has 12 N–H and O–H groups in total. The minimum Gasteiger partial charge on any atom is -0.321 e. The zero-order chi connectivity index (χ0) is 8.58. The normalized spacial score (nSPS) is 17.1. The monoisotopic (exact) mass is 148 g/mol. The maximum atomic E-state index is 5.40. The Kier molecular flexibility index (Phi) is 2.36. The van der Waals surface area contributed by atoms with Crippen LogP contribution in [0.25, 0.3) is 0 Å². The highest BCUT2D eigenvalue weighted by Crippen LogP contribution is 1.99. The first kappa shape index (κ1) is 9.76. The molecule has 0 saturated carbocycles. The third-order valence-corrected chi connectivity index (χ3v) is 1.21. The van der Waals surface area contributed by atoms with Gasteiger partial charge in [-0.15, -0.1) is 0 Å². The lowest BCUT2D eigenvalue weighted by Gasteiger charge is -2.35. The van der Waals surface area contributed by atoms with Gasteiger partial charge in [0, 0.05) is 0 Å². The molecule has 10 heavy (non-hydrogen) atoms. The van der Waals surface area contributed by atoms with Crippen molar-refractivity contribution in [1.82, 2.24) is 0 Å². The minimum absolute atomic E-state index is 0.847. The molecule has 0 saturated heterocycles. The van der Waals surface area contributed by atoms with E-state index in [2.05, 4.69) is 0 Å². The zero-order valence-corrected chi connectivity index (χ0v) is 6.04. The summed E-state index contributed by atoms with van der Waals surface area (Å²) in [7, 11) is 0. The quantitative estimate of drug-likeness (QED) is 0.223. The molecule has 1 unspecified atom stereocenters. The van der Waals surface area contributed by atoms with Crippen molar-refractivity contribution in [2.24, 2.45) is 34.4 Å². The standard InChI is InChI=1S/C4H16N6/c1-3(6,7)2(5)4(8,9)10/h2H,5-10H2,1H3. The summed E-state index contributed by atoms with van der Waals surface area (Å²) in [5, 5.41) is 0. The first-order chi connectivity index (χ1) is 4.15. The van der Waals surface area contributed by atoms with Gasteiger partial charge in [-0.2, -0.15) is 0 Å². The fraction of sp³-hybridized carbons (Fsp3) is 1.00. The van der Waals surface area contributed by atoms with E-state index in [4.69, 9.17) is 34.4 Å². The lowest BCUT2D eigenvalue weighted by molar-refractivity contribution is 0.255. The molecule has 0 aromatic carbocycles. The Hall–Kier alpha value is -0.240. The second kappa shape index (κ2) is 2.42. The maximum Gasteiger partial charge on any atom is 0.134 e. The van der Waals surface area contributed by atoms with Crippen LogP contribution >= 0.6 is 0 Å². The van der Waals surface area contributed by atoms with Gasteiger partial charge >= 0.3 is 0 Å². The molecule has 1 atom stereocenters. The molecule has 6 nitrogen and oxygen atoms in total. The molecule has 0 spiro atoms. The van der Waals surface area contributed by atoms with Crippen molar-refractivity contribution in [3.8, 4) is 0 Å². The summed E-state index contributed by atoms with van der Waals surface area (Å²) in [6.07, 6.45) is 0. The van der Waals surface area contributed by atoms with Gasteiger partial charge in [0.15, 0.2) is 0 Å². The molecule has 0 aliphatic heterocycles. The molecular formula is C4H16N6. The Morgan fingerprint density at radius 2 is 1.30 bits per heavy atom. The Morgan fingerprint density at radius 1 is 1.00 bits per heavy atom. The van der Waals surface area contributed by atoms with E-state index in [1.54, 1.807) is 0 Å².